The van der Waals surface area contributed by atoms with Crippen LogP contribution in [0.4, 0.5) is 5.69 Å². The minimum absolute atomic E-state index is 0. The molecule has 7 nitrogen and oxygen atoms in total. The molecule has 1 fully saturated rings. The zero-order chi connectivity index (χ0) is 17.0. The molecule has 1 saturated heterocycles. The third-order valence-electron chi connectivity index (χ3n) is 4.15. The molecule has 3 rings (SSSR count). The minimum atomic E-state index is -0.959. The number of halogens is 2. The van der Waals surface area contributed by atoms with Gasteiger partial charge in [0, 0.05) is 24.8 Å². The van der Waals surface area contributed by atoms with Crippen LogP contribution in [0.15, 0.2) is 36.5 Å². The van der Waals surface area contributed by atoms with Gasteiger partial charge in [-0.25, -0.2) is 0 Å². The SMILES string of the molecule is Cl.Cl.NC1(C(=O)NCC(=O)Nc2cccc3cccnc23)CCOCC1. The van der Waals surface area contributed by atoms with Crippen LogP contribution < -0.4 is 16.4 Å². The molecule has 0 aliphatic carbocycles. The van der Waals surface area contributed by atoms with E-state index >= 15 is 0 Å². The summed E-state index contributed by atoms with van der Waals surface area (Å²) in [5.41, 5.74) is 6.44. The van der Waals surface area contributed by atoms with Gasteiger partial charge in [-0.3, -0.25) is 14.6 Å². The van der Waals surface area contributed by atoms with Gasteiger partial charge in [0.25, 0.3) is 0 Å². The number of aromatic nitrogens is 1. The number of ether oxygens (including phenoxy) is 1. The Morgan fingerprint density at radius 1 is 1.15 bits per heavy atom. The molecule has 2 amide bonds. The van der Waals surface area contributed by atoms with E-state index in [4.69, 9.17) is 10.5 Å². The maximum atomic E-state index is 12.2. The van der Waals surface area contributed by atoms with E-state index in [0.29, 0.717) is 37.3 Å². The van der Waals surface area contributed by atoms with Crippen molar-refractivity contribution in [1.82, 2.24) is 10.3 Å². The molecule has 0 atom stereocenters. The molecule has 9 heteroatoms. The molecular weight excluding hydrogens is 379 g/mol. The molecule has 1 aliphatic rings. The van der Waals surface area contributed by atoms with Gasteiger partial charge in [0.05, 0.1) is 23.3 Å². The molecule has 0 spiro atoms. The third-order valence-corrected chi connectivity index (χ3v) is 4.15. The number of fused-ring (bicyclic) bond motifs is 1. The molecule has 142 valence electrons. The number of anilines is 1. The van der Waals surface area contributed by atoms with Gasteiger partial charge in [-0.1, -0.05) is 18.2 Å². The Labute approximate surface area is 163 Å². The maximum absolute atomic E-state index is 12.2. The fraction of sp³-hybridized carbons (Fsp3) is 0.353. The first-order chi connectivity index (χ1) is 11.6. The van der Waals surface area contributed by atoms with Crippen molar-refractivity contribution in [3.8, 4) is 0 Å². The molecule has 1 aliphatic heterocycles. The molecular formula is C17H22Cl2N4O3. The largest absolute Gasteiger partial charge is 0.381 e. The average Bonchev–Trinajstić information content (AvgIpc) is 2.60. The van der Waals surface area contributed by atoms with E-state index in [2.05, 4.69) is 15.6 Å². The number of rotatable bonds is 4. The first-order valence-electron chi connectivity index (χ1n) is 7.87. The predicted octanol–water partition coefficient (Wildman–Crippen LogP) is 1.64. The van der Waals surface area contributed by atoms with Crippen molar-refractivity contribution in [2.45, 2.75) is 18.4 Å². The van der Waals surface area contributed by atoms with Gasteiger partial charge in [0.15, 0.2) is 0 Å². The van der Waals surface area contributed by atoms with Crippen molar-refractivity contribution in [2.75, 3.05) is 25.1 Å². The van der Waals surface area contributed by atoms with E-state index in [0.717, 1.165) is 5.39 Å². The number of benzene rings is 1. The minimum Gasteiger partial charge on any atom is -0.381 e. The van der Waals surface area contributed by atoms with Crippen molar-refractivity contribution in [1.29, 1.82) is 0 Å². The number of nitrogens with zero attached hydrogens (tertiary/aromatic N) is 1. The Bertz CT molecular complexity index is 761. The summed E-state index contributed by atoms with van der Waals surface area (Å²) < 4.78 is 5.21. The van der Waals surface area contributed by atoms with Crippen LogP contribution in [-0.2, 0) is 14.3 Å². The molecule has 4 N–H and O–H groups in total. The van der Waals surface area contributed by atoms with E-state index < -0.39 is 5.54 Å². The van der Waals surface area contributed by atoms with Crippen LogP contribution in [0.3, 0.4) is 0 Å². The second-order valence-corrected chi connectivity index (χ2v) is 5.88. The third kappa shape index (κ3) is 5.04. The van der Waals surface area contributed by atoms with Crippen LogP contribution in [0.5, 0.6) is 0 Å². The second kappa shape index (κ2) is 9.68. The molecule has 1 aromatic carbocycles. The number of para-hydroxylation sites is 1. The fourth-order valence-electron chi connectivity index (χ4n) is 2.70. The van der Waals surface area contributed by atoms with E-state index in [1.165, 1.54) is 0 Å². The lowest BCUT2D eigenvalue weighted by Gasteiger charge is -2.31. The van der Waals surface area contributed by atoms with Crippen molar-refractivity contribution < 1.29 is 14.3 Å². The van der Waals surface area contributed by atoms with Crippen molar-refractivity contribution in [2.24, 2.45) is 5.73 Å². The summed E-state index contributed by atoms with van der Waals surface area (Å²) in [7, 11) is 0. The quantitative estimate of drug-likeness (QED) is 0.722. The fourth-order valence-corrected chi connectivity index (χ4v) is 2.70. The summed E-state index contributed by atoms with van der Waals surface area (Å²) in [6, 6.07) is 9.29. The molecule has 0 radical (unpaired) electrons. The van der Waals surface area contributed by atoms with Gasteiger partial charge in [0.1, 0.15) is 0 Å². The number of amides is 2. The Morgan fingerprint density at radius 2 is 1.85 bits per heavy atom. The highest BCUT2D eigenvalue weighted by molar-refractivity contribution is 6.02. The highest BCUT2D eigenvalue weighted by atomic mass is 35.5. The van der Waals surface area contributed by atoms with Crippen molar-refractivity contribution in [3.05, 3.63) is 36.5 Å². The number of nitrogens with two attached hydrogens (primary N) is 1. The Hall–Kier alpha value is -1.93. The normalized spacial score (nSPS) is 15.3. The maximum Gasteiger partial charge on any atom is 0.243 e. The van der Waals surface area contributed by atoms with Gasteiger partial charge in [-0.05, 0) is 25.0 Å². The number of pyridine rings is 1. The summed E-state index contributed by atoms with van der Waals surface area (Å²) in [6.07, 6.45) is 2.57. The summed E-state index contributed by atoms with van der Waals surface area (Å²) in [4.78, 5) is 28.6. The van der Waals surface area contributed by atoms with E-state index in [1.807, 2.05) is 24.3 Å². The smallest absolute Gasteiger partial charge is 0.243 e. The zero-order valence-corrected chi connectivity index (χ0v) is 15.7. The lowest BCUT2D eigenvalue weighted by atomic mass is 9.90. The monoisotopic (exact) mass is 400 g/mol. The second-order valence-electron chi connectivity index (χ2n) is 5.88. The number of nitrogens with one attached hydrogen (secondary N) is 2. The van der Waals surface area contributed by atoms with Gasteiger partial charge >= 0.3 is 0 Å². The zero-order valence-electron chi connectivity index (χ0n) is 14.1. The van der Waals surface area contributed by atoms with Crippen LogP contribution >= 0.6 is 24.8 Å². The van der Waals surface area contributed by atoms with E-state index in [9.17, 15) is 9.59 Å². The highest BCUT2D eigenvalue weighted by Gasteiger charge is 2.35. The van der Waals surface area contributed by atoms with Gasteiger partial charge in [-0.15, -0.1) is 24.8 Å². The van der Waals surface area contributed by atoms with Crippen LogP contribution in [0.1, 0.15) is 12.8 Å². The molecule has 26 heavy (non-hydrogen) atoms. The molecule has 0 unspecified atom stereocenters. The molecule has 2 heterocycles. The van der Waals surface area contributed by atoms with Crippen LogP contribution in [0, 0.1) is 0 Å². The van der Waals surface area contributed by atoms with Gasteiger partial charge < -0.3 is 21.1 Å². The standard InChI is InChI=1S/C17H20N4O3.2ClH/c18-17(6-9-24-10-7-17)16(23)20-11-14(22)21-13-5-1-3-12-4-2-8-19-15(12)13;;/h1-5,8H,6-7,9-11,18H2,(H,20,23)(H,21,22);2*1H. The summed E-state index contributed by atoms with van der Waals surface area (Å²) in [6.45, 7) is 0.775. The number of carbonyl (C=O) groups excluding carboxylic acids is 2. The molecule has 2 aromatic rings. The Morgan fingerprint density at radius 3 is 2.58 bits per heavy atom. The molecule has 0 saturated carbocycles. The first-order valence-corrected chi connectivity index (χ1v) is 7.87. The van der Waals surface area contributed by atoms with Crippen LogP contribution in [0.2, 0.25) is 0 Å². The average molecular weight is 401 g/mol. The Balaban J connectivity index is 0.00000169. The highest BCUT2D eigenvalue weighted by Crippen LogP contribution is 2.20. The topological polar surface area (TPSA) is 106 Å². The van der Waals surface area contributed by atoms with Crippen LogP contribution in [0.25, 0.3) is 10.9 Å². The van der Waals surface area contributed by atoms with E-state index in [1.54, 1.807) is 12.3 Å². The lowest BCUT2D eigenvalue weighted by Crippen LogP contribution is -2.57. The Kier molecular flexibility index (Phi) is 8.23. The van der Waals surface area contributed by atoms with Gasteiger partial charge in [-0.2, -0.15) is 0 Å². The number of carbonyl (C=O) groups is 2. The van der Waals surface area contributed by atoms with Crippen molar-refractivity contribution >= 4 is 53.2 Å². The first kappa shape index (κ1) is 22.1. The summed E-state index contributed by atoms with van der Waals surface area (Å²) in [5, 5.41) is 6.32. The number of hydrogen-bond acceptors (Lipinski definition) is 5. The van der Waals surface area contributed by atoms with Crippen LogP contribution in [-0.4, -0.2) is 42.1 Å². The van der Waals surface area contributed by atoms with Crippen molar-refractivity contribution in [3.63, 3.8) is 0 Å². The van der Waals surface area contributed by atoms with Gasteiger partial charge in [0.2, 0.25) is 11.8 Å². The summed E-state index contributed by atoms with van der Waals surface area (Å²) >= 11 is 0. The summed E-state index contributed by atoms with van der Waals surface area (Å²) in [5.74, 6) is -0.644. The lowest BCUT2D eigenvalue weighted by molar-refractivity contribution is -0.131. The molecule has 0 bridgehead atoms. The van der Waals surface area contributed by atoms with E-state index in [-0.39, 0.29) is 43.2 Å². The molecule has 1 aromatic heterocycles. The number of hydrogen-bond donors (Lipinski definition) is 3. The predicted molar refractivity (Wildman–Crippen MR) is 105 cm³/mol.